The first-order valence-electron chi connectivity index (χ1n) is 6.01. The van der Waals surface area contributed by atoms with E-state index in [0.717, 1.165) is 0 Å². The van der Waals surface area contributed by atoms with Crippen LogP contribution in [-0.4, -0.2) is 23.6 Å². The predicted octanol–water partition coefficient (Wildman–Crippen LogP) is 3.02. The van der Waals surface area contributed by atoms with Crippen molar-refractivity contribution in [3.63, 3.8) is 0 Å². The molecule has 2 atom stereocenters. The molecule has 108 valence electrons. The molecule has 0 aliphatic carbocycles. The van der Waals surface area contributed by atoms with Crippen molar-refractivity contribution in [3.8, 4) is 11.8 Å². The molecule has 0 fully saturated rings. The Bertz CT molecular complexity index is 544. The van der Waals surface area contributed by atoms with Crippen molar-refractivity contribution in [2.45, 2.75) is 31.9 Å². The minimum Gasteiger partial charge on any atom is -0.490 e. The Balaban J connectivity index is 2.83. The van der Waals surface area contributed by atoms with Crippen LogP contribution in [-0.2, 0) is 0 Å². The molecule has 1 rings (SSSR count). The van der Waals surface area contributed by atoms with Gasteiger partial charge in [-0.25, -0.2) is 0 Å². The molecule has 0 aliphatic rings. The molecule has 1 N–H and O–H groups in total. The number of hydrogen-bond acceptors (Lipinski definition) is 5. The van der Waals surface area contributed by atoms with Gasteiger partial charge in [0.05, 0.1) is 23.2 Å². The van der Waals surface area contributed by atoms with Crippen LogP contribution in [0.5, 0.6) is 5.75 Å². The fourth-order valence-electron chi connectivity index (χ4n) is 1.77. The van der Waals surface area contributed by atoms with E-state index in [9.17, 15) is 10.1 Å². The van der Waals surface area contributed by atoms with E-state index < -0.39 is 10.5 Å². The number of ether oxygens (including phenoxy) is 1. The number of nitriles is 1. The third-order valence-corrected chi connectivity index (χ3v) is 3.36. The maximum absolute atomic E-state index is 10.8. The number of nitrogens with one attached hydrogen (secondary N) is 1. The van der Waals surface area contributed by atoms with Crippen molar-refractivity contribution in [3.05, 3.63) is 32.8 Å². The van der Waals surface area contributed by atoms with Crippen molar-refractivity contribution in [2.24, 2.45) is 0 Å². The van der Waals surface area contributed by atoms with Gasteiger partial charge in [-0.1, -0.05) is 15.9 Å². The lowest BCUT2D eigenvalue weighted by Gasteiger charge is -2.25. The van der Waals surface area contributed by atoms with Gasteiger partial charge in [0.25, 0.3) is 5.69 Å². The van der Waals surface area contributed by atoms with E-state index in [1.54, 1.807) is 20.0 Å². The van der Waals surface area contributed by atoms with Gasteiger partial charge in [0.2, 0.25) is 0 Å². The summed E-state index contributed by atoms with van der Waals surface area (Å²) in [7, 11) is 1.71. The lowest BCUT2D eigenvalue weighted by molar-refractivity contribution is -0.385. The Morgan fingerprint density at radius 3 is 2.75 bits per heavy atom. The molecule has 0 radical (unpaired) electrons. The maximum atomic E-state index is 10.8. The van der Waals surface area contributed by atoms with E-state index in [0.29, 0.717) is 16.6 Å². The largest absolute Gasteiger partial charge is 0.490 e. The quantitative estimate of drug-likeness (QED) is 0.634. The summed E-state index contributed by atoms with van der Waals surface area (Å²) in [6.45, 7) is 3.59. The Hall–Kier alpha value is -1.65. The summed E-state index contributed by atoms with van der Waals surface area (Å²) in [5.41, 5.74) is -0.740. The highest BCUT2D eigenvalue weighted by molar-refractivity contribution is 9.10. The lowest BCUT2D eigenvalue weighted by Crippen LogP contribution is -2.41. The van der Waals surface area contributed by atoms with Gasteiger partial charge in [-0.2, -0.15) is 5.26 Å². The van der Waals surface area contributed by atoms with Crippen LogP contribution in [0.15, 0.2) is 22.7 Å². The monoisotopic (exact) mass is 341 g/mol. The highest BCUT2D eigenvalue weighted by Crippen LogP contribution is 2.27. The molecular formula is C13H16BrN3O3. The fraction of sp³-hybridized carbons (Fsp3) is 0.462. The summed E-state index contributed by atoms with van der Waals surface area (Å²) in [5, 5.41) is 22.8. The van der Waals surface area contributed by atoms with Crippen LogP contribution in [0.4, 0.5) is 5.69 Å². The molecule has 0 saturated carbocycles. The first-order valence-corrected chi connectivity index (χ1v) is 6.81. The van der Waals surface area contributed by atoms with Crippen LogP contribution in [0.25, 0.3) is 0 Å². The first-order chi connectivity index (χ1) is 9.29. The molecule has 0 aromatic heterocycles. The smallest absolute Gasteiger partial charge is 0.274 e. The third-order valence-electron chi connectivity index (χ3n) is 2.90. The van der Waals surface area contributed by atoms with Gasteiger partial charge < -0.3 is 10.1 Å². The zero-order valence-electron chi connectivity index (χ0n) is 11.5. The van der Waals surface area contributed by atoms with E-state index >= 15 is 0 Å². The molecule has 6 nitrogen and oxygen atoms in total. The van der Waals surface area contributed by atoms with Gasteiger partial charge in [0.15, 0.2) is 0 Å². The Morgan fingerprint density at radius 2 is 2.25 bits per heavy atom. The van der Waals surface area contributed by atoms with E-state index in [-0.39, 0.29) is 11.8 Å². The van der Waals surface area contributed by atoms with Crippen molar-refractivity contribution in [1.29, 1.82) is 5.26 Å². The van der Waals surface area contributed by atoms with E-state index in [4.69, 9.17) is 10.00 Å². The highest BCUT2D eigenvalue weighted by Gasteiger charge is 2.25. The molecule has 7 heteroatoms. The van der Waals surface area contributed by atoms with Crippen molar-refractivity contribution in [2.75, 3.05) is 7.05 Å². The highest BCUT2D eigenvalue weighted by atomic mass is 79.9. The normalized spacial score (nSPS) is 14.9. The molecule has 1 aromatic carbocycles. The molecular weight excluding hydrogens is 326 g/mol. The average Bonchev–Trinajstić information content (AvgIpc) is 2.37. The minimum absolute atomic E-state index is 0.0433. The number of nitro benzene ring substituents is 1. The third kappa shape index (κ3) is 4.47. The van der Waals surface area contributed by atoms with E-state index in [1.807, 2.05) is 6.92 Å². The average molecular weight is 342 g/mol. The zero-order valence-corrected chi connectivity index (χ0v) is 13.1. The van der Waals surface area contributed by atoms with Crippen molar-refractivity contribution in [1.82, 2.24) is 5.32 Å². The number of nitrogens with zero attached hydrogens (tertiary/aromatic N) is 2. The maximum Gasteiger partial charge on any atom is 0.274 e. The van der Waals surface area contributed by atoms with Gasteiger partial charge in [0.1, 0.15) is 11.3 Å². The summed E-state index contributed by atoms with van der Waals surface area (Å²) in [6.07, 6.45) is 0.196. The Morgan fingerprint density at radius 1 is 1.60 bits per heavy atom. The number of hydrogen-bond donors (Lipinski definition) is 1. The van der Waals surface area contributed by atoms with Crippen molar-refractivity contribution < 1.29 is 9.66 Å². The molecule has 20 heavy (non-hydrogen) atoms. The standard InChI is InChI=1S/C13H16BrN3O3/c1-9(7-13(2,8-15)16-3)20-12-5-10(14)4-11(6-12)17(18)19/h4-6,9,16H,7H2,1-3H3. The number of benzene rings is 1. The van der Waals surface area contributed by atoms with Crippen LogP contribution in [0.3, 0.4) is 0 Å². The van der Waals surface area contributed by atoms with Crippen LogP contribution >= 0.6 is 15.9 Å². The van der Waals surface area contributed by atoms with Crippen LogP contribution in [0, 0.1) is 21.4 Å². The molecule has 0 heterocycles. The number of non-ortho nitro benzene ring substituents is 1. The SMILES string of the molecule is CNC(C)(C#N)CC(C)Oc1cc(Br)cc([N+](=O)[O-])c1. The molecule has 2 unspecified atom stereocenters. The van der Waals surface area contributed by atoms with Crippen molar-refractivity contribution >= 4 is 21.6 Å². The number of halogens is 1. The summed E-state index contributed by atoms with van der Waals surface area (Å²) >= 11 is 3.21. The number of nitro groups is 1. The van der Waals surface area contributed by atoms with Gasteiger partial charge in [-0.3, -0.25) is 10.1 Å². The van der Waals surface area contributed by atoms with Crippen LogP contribution in [0.1, 0.15) is 20.3 Å². The summed E-state index contributed by atoms with van der Waals surface area (Å²) < 4.78 is 6.23. The molecule has 0 bridgehead atoms. The van der Waals surface area contributed by atoms with Gasteiger partial charge in [-0.15, -0.1) is 0 Å². The predicted molar refractivity (Wildman–Crippen MR) is 78.6 cm³/mol. The molecule has 1 aromatic rings. The second-order valence-electron chi connectivity index (χ2n) is 4.73. The van der Waals surface area contributed by atoms with Crippen LogP contribution in [0.2, 0.25) is 0 Å². The summed E-state index contributed by atoms with van der Waals surface area (Å²) in [4.78, 5) is 10.3. The number of rotatable bonds is 6. The summed E-state index contributed by atoms with van der Waals surface area (Å²) in [5.74, 6) is 0.398. The van der Waals surface area contributed by atoms with Crippen LogP contribution < -0.4 is 10.1 Å². The first kappa shape index (κ1) is 16.4. The fourth-order valence-corrected chi connectivity index (χ4v) is 2.23. The topological polar surface area (TPSA) is 88.2 Å². The second-order valence-corrected chi connectivity index (χ2v) is 5.64. The van der Waals surface area contributed by atoms with Gasteiger partial charge in [0, 0.05) is 17.0 Å². The summed E-state index contributed by atoms with van der Waals surface area (Å²) in [6, 6.07) is 6.61. The Kier molecular flexibility index (Phi) is 5.48. The molecule has 0 amide bonds. The minimum atomic E-state index is -0.697. The van der Waals surface area contributed by atoms with Gasteiger partial charge >= 0.3 is 0 Å². The van der Waals surface area contributed by atoms with E-state index in [2.05, 4.69) is 27.3 Å². The molecule has 0 saturated heterocycles. The zero-order chi connectivity index (χ0) is 15.3. The van der Waals surface area contributed by atoms with Gasteiger partial charge in [-0.05, 0) is 27.0 Å². The lowest BCUT2D eigenvalue weighted by atomic mass is 9.97. The molecule has 0 spiro atoms. The molecule has 0 aliphatic heterocycles. The second kappa shape index (κ2) is 6.68. The Labute approximate surface area is 126 Å². The van der Waals surface area contributed by atoms with E-state index in [1.165, 1.54) is 12.1 Å².